The van der Waals surface area contributed by atoms with Crippen molar-refractivity contribution in [2.24, 2.45) is 0 Å². The summed E-state index contributed by atoms with van der Waals surface area (Å²) in [6, 6.07) is 6.85. The molecular weight excluding hydrogens is 198 g/mol. The Hall–Kier alpha value is -1.02. The van der Waals surface area contributed by atoms with Gasteiger partial charge in [0.2, 0.25) is 0 Å². The molecular formula is C14H21NO. The number of ether oxygens (including phenoxy) is 1. The van der Waals surface area contributed by atoms with Crippen LogP contribution in [-0.2, 0) is 6.42 Å². The van der Waals surface area contributed by atoms with E-state index in [4.69, 9.17) is 4.74 Å². The number of para-hydroxylation sites is 1. The molecule has 0 fully saturated rings. The van der Waals surface area contributed by atoms with Gasteiger partial charge in [-0.2, -0.15) is 0 Å². The van der Waals surface area contributed by atoms with Crippen molar-refractivity contribution in [3.63, 3.8) is 0 Å². The first-order valence-electron chi connectivity index (χ1n) is 6.29. The van der Waals surface area contributed by atoms with Crippen LogP contribution in [0.1, 0.15) is 44.4 Å². The van der Waals surface area contributed by atoms with Gasteiger partial charge in [-0.1, -0.05) is 32.0 Å². The number of fused-ring (bicyclic) bond motifs is 1. The number of hydrogen-bond acceptors (Lipinski definition) is 2. The van der Waals surface area contributed by atoms with Gasteiger partial charge in [0, 0.05) is 5.56 Å². The molecule has 2 nitrogen and oxygen atoms in total. The monoisotopic (exact) mass is 219 g/mol. The SMILES string of the molecule is CCCNC1c2cccc(CC)c2OC1C. The van der Waals surface area contributed by atoms with Crippen molar-refractivity contribution in [3.8, 4) is 5.75 Å². The molecule has 88 valence electrons. The number of benzene rings is 1. The first-order valence-corrected chi connectivity index (χ1v) is 6.29. The maximum absolute atomic E-state index is 5.98. The summed E-state index contributed by atoms with van der Waals surface area (Å²) < 4.78 is 5.98. The molecule has 2 rings (SSSR count). The highest BCUT2D eigenvalue weighted by atomic mass is 16.5. The average molecular weight is 219 g/mol. The van der Waals surface area contributed by atoms with Gasteiger partial charge in [0.15, 0.2) is 0 Å². The molecule has 1 aliphatic rings. The molecule has 0 radical (unpaired) electrons. The first kappa shape index (κ1) is 11.5. The third-order valence-electron chi connectivity index (χ3n) is 3.23. The number of nitrogens with one attached hydrogen (secondary N) is 1. The Kier molecular flexibility index (Phi) is 3.49. The van der Waals surface area contributed by atoms with Crippen LogP contribution in [0.15, 0.2) is 18.2 Å². The van der Waals surface area contributed by atoms with Gasteiger partial charge in [0.1, 0.15) is 11.9 Å². The fourth-order valence-electron chi connectivity index (χ4n) is 2.35. The molecule has 2 atom stereocenters. The van der Waals surface area contributed by atoms with Crippen LogP contribution < -0.4 is 10.1 Å². The number of rotatable bonds is 4. The molecule has 0 saturated carbocycles. The van der Waals surface area contributed by atoms with Gasteiger partial charge in [0.25, 0.3) is 0 Å². The lowest BCUT2D eigenvalue weighted by atomic mass is 10.0. The van der Waals surface area contributed by atoms with Gasteiger partial charge in [-0.25, -0.2) is 0 Å². The Morgan fingerprint density at radius 1 is 1.31 bits per heavy atom. The Labute approximate surface area is 98.0 Å². The van der Waals surface area contributed by atoms with Crippen LogP contribution in [-0.4, -0.2) is 12.6 Å². The predicted molar refractivity (Wildman–Crippen MR) is 66.9 cm³/mol. The van der Waals surface area contributed by atoms with Gasteiger partial charge in [-0.3, -0.25) is 0 Å². The molecule has 1 heterocycles. The molecule has 2 unspecified atom stereocenters. The molecule has 0 spiro atoms. The molecule has 1 N–H and O–H groups in total. The summed E-state index contributed by atoms with van der Waals surface area (Å²) in [4.78, 5) is 0. The van der Waals surface area contributed by atoms with Gasteiger partial charge in [0.05, 0.1) is 6.04 Å². The van der Waals surface area contributed by atoms with E-state index in [2.05, 4.69) is 44.3 Å². The lowest BCUT2D eigenvalue weighted by Gasteiger charge is -2.15. The number of aryl methyl sites for hydroxylation is 1. The van der Waals surface area contributed by atoms with E-state index in [1.165, 1.54) is 11.1 Å². The summed E-state index contributed by atoms with van der Waals surface area (Å²) in [5.74, 6) is 1.12. The summed E-state index contributed by atoms with van der Waals surface area (Å²) in [5, 5.41) is 3.56. The van der Waals surface area contributed by atoms with E-state index in [0.29, 0.717) is 6.04 Å². The van der Waals surface area contributed by atoms with Crippen LogP contribution in [0, 0.1) is 0 Å². The molecule has 0 aromatic heterocycles. The van der Waals surface area contributed by atoms with Crippen molar-refractivity contribution >= 4 is 0 Å². The molecule has 0 amide bonds. The molecule has 2 heteroatoms. The van der Waals surface area contributed by atoms with Crippen molar-refractivity contribution in [1.29, 1.82) is 0 Å². The van der Waals surface area contributed by atoms with Crippen molar-refractivity contribution in [2.75, 3.05) is 6.54 Å². The Morgan fingerprint density at radius 2 is 2.12 bits per heavy atom. The molecule has 16 heavy (non-hydrogen) atoms. The van der Waals surface area contributed by atoms with E-state index in [0.717, 1.165) is 25.1 Å². The second-order valence-electron chi connectivity index (χ2n) is 4.44. The van der Waals surface area contributed by atoms with Crippen LogP contribution in [0.3, 0.4) is 0 Å². The summed E-state index contributed by atoms with van der Waals surface area (Å²) in [5.41, 5.74) is 2.66. The van der Waals surface area contributed by atoms with E-state index in [1.54, 1.807) is 0 Å². The van der Waals surface area contributed by atoms with Crippen LogP contribution in [0.4, 0.5) is 0 Å². The zero-order valence-corrected chi connectivity index (χ0v) is 10.4. The zero-order chi connectivity index (χ0) is 11.5. The van der Waals surface area contributed by atoms with Crippen LogP contribution >= 0.6 is 0 Å². The van der Waals surface area contributed by atoms with Gasteiger partial charge in [-0.15, -0.1) is 0 Å². The minimum absolute atomic E-state index is 0.245. The van der Waals surface area contributed by atoms with Crippen molar-refractivity contribution < 1.29 is 4.74 Å². The second-order valence-corrected chi connectivity index (χ2v) is 4.44. The smallest absolute Gasteiger partial charge is 0.127 e. The molecule has 0 saturated heterocycles. The Balaban J connectivity index is 2.27. The minimum Gasteiger partial charge on any atom is -0.488 e. The summed E-state index contributed by atoms with van der Waals surface area (Å²) in [6.45, 7) is 7.56. The number of hydrogen-bond donors (Lipinski definition) is 1. The summed E-state index contributed by atoms with van der Waals surface area (Å²) in [6.07, 6.45) is 2.44. The first-order chi connectivity index (χ1) is 7.77. The van der Waals surface area contributed by atoms with Gasteiger partial charge >= 0.3 is 0 Å². The molecule has 0 aliphatic carbocycles. The predicted octanol–water partition coefficient (Wildman–Crippen LogP) is 3.07. The molecule has 1 aliphatic heterocycles. The average Bonchev–Trinajstić information content (AvgIpc) is 2.62. The largest absolute Gasteiger partial charge is 0.488 e. The molecule has 1 aromatic carbocycles. The standard InChI is InChI=1S/C14H21NO/c1-4-9-15-13-10(3)16-14-11(5-2)7-6-8-12(13)14/h6-8,10,13,15H,4-5,9H2,1-3H3. The minimum atomic E-state index is 0.245. The highest BCUT2D eigenvalue weighted by molar-refractivity contribution is 5.46. The quantitative estimate of drug-likeness (QED) is 0.840. The van der Waals surface area contributed by atoms with Crippen LogP contribution in [0.5, 0.6) is 5.75 Å². The zero-order valence-electron chi connectivity index (χ0n) is 10.4. The topological polar surface area (TPSA) is 21.3 Å². The lowest BCUT2D eigenvalue weighted by Crippen LogP contribution is -2.29. The van der Waals surface area contributed by atoms with E-state index < -0.39 is 0 Å². The Morgan fingerprint density at radius 3 is 2.81 bits per heavy atom. The highest BCUT2D eigenvalue weighted by Gasteiger charge is 2.31. The van der Waals surface area contributed by atoms with Crippen LogP contribution in [0.25, 0.3) is 0 Å². The third kappa shape index (κ3) is 1.94. The van der Waals surface area contributed by atoms with E-state index in [1.807, 2.05) is 0 Å². The van der Waals surface area contributed by atoms with Crippen molar-refractivity contribution in [1.82, 2.24) is 5.32 Å². The summed E-state index contributed by atoms with van der Waals surface area (Å²) in [7, 11) is 0. The fraction of sp³-hybridized carbons (Fsp3) is 0.571. The molecule has 1 aromatic rings. The fourth-order valence-corrected chi connectivity index (χ4v) is 2.35. The lowest BCUT2D eigenvalue weighted by molar-refractivity contribution is 0.208. The third-order valence-corrected chi connectivity index (χ3v) is 3.23. The second kappa shape index (κ2) is 4.88. The summed E-state index contributed by atoms with van der Waals surface area (Å²) >= 11 is 0. The Bertz CT molecular complexity index is 362. The maximum atomic E-state index is 5.98. The van der Waals surface area contributed by atoms with E-state index >= 15 is 0 Å². The van der Waals surface area contributed by atoms with Crippen molar-refractivity contribution in [3.05, 3.63) is 29.3 Å². The maximum Gasteiger partial charge on any atom is 0.127 e. The molecule has 0 bridgehead atoms. The van der Waals surface area contributed by atoms with Crippen LogP contribution in [0.2, 0.25) is 0 Å². The normalized spacial score (nSPS) is 22.9. The van der Waals surface area contributed by atoms with Gasteiger partial charge in [-0.05, 0) is 31.9 Å². The van der Waals surface area contributed by atoms with E-state index in [9.17, 15) is 0 Å². The van der Waals surface area contributed by atoms with Crippen molar-refractivity contribution in [2.45, 2.75) is 45.8 Å². The highest BCUT2D eigenvalue weighted by Crippen LogP contribution is 2.39. The van der Waals surface area contributed by atoms with Gasteiger partial charge < -0.3 is 10.1 Å². The van der Waals surface area contributed by atoms with E-state index in [-0.39, 0.29) is 6.10 Å².